The Labute approximate surface area is 163 Å². The number of anilines is 3. The number of carbonyl (C=O) groups is 1. The van der Waals surface area contributed by atoms with Crippen molar-refractivity contribution < 1.29 is 14.3 Å². The lowest BCUT2D eigenvalue weighted by atomic mass is 10.1. The highest BCUT2D eigenvalue weighted by atomic mass is 16.6. The molecule has 0 aliphatic carbocycles. The third kappa shape index (κ3) is 3.91. The smallest absolute Gasteiger partial charge is 0.255 e. The summed E-state index contributed by atoms with van der Waals surface area (Å²) in [5, 5.41) is 6.18. The maximum Gasteiger partial charge on any atom is 0.255 e. The van der Waals surface area contributed by atoms with Crippen molar-refractivity contribution in [2.45, 2.75) is 13.8 Å². The Morgan fingerprint density at radius 1 is 0.964 bits per heavy atom. The van der Waals surface area contributed by atoms with Crippen LogP contribution >= 0.6 is 0 Å². The standard InChI is InChI=1S/C22H21N3O3/c1-14-3-4-15(2)18(11-14)25-21-12-16(7-8-23-21)22(26)24-17-5-6-19-20(13-17)28-10-9-27-19/h3-8,11-13H,9-10H2,1-2H3,(H,23,25)(H,24,26). The highest BCUT2D eigenvalue weighted by Gasteiger charge is 2.14. The molecule has 0 saturated carbocycles. The normalized spacial score (nSPS) is 12.4. The zero-order valence-electron chi connectivity index (χ0n) is 15.8. The number of pyridine rings is 1. The van der Waals surface area contributed by atoms with Crippen molar-refractivity contribution in [1.82, 2.24) is 4.98 Å². The van der Waals surface area contributed by atoms with Crippen LogP contribution in [0.25, 0.3) is 0 Å². The molecule has 1 amide bonds. The fourth-order valence-electron chi connectivity index (χ4n) is 2.97. The third-order valence-corrected chi connectivity index (χ3v) is 4.48. The van der Waals surface area contributed by atoms with Crippen molar-refractivity contribution >= 4 is 23.1 Å². The van der Waals surface area contributed by atoms with E-state index in [4.69, 9.17) is 9.47 Å². The Morgan fingerprint density at radius 2 is 1.79 bits per heavy atom. The van der Waals surface area contributed by atoms with Crippen LogP contribution < -0.4 is 20.1 Å². The van der Waals surface area contributed by atoms with E-state index in [0.717, 1.165) is 16.8 Å². The van der Waals surface area contributed by atoms with Crippen molar-refractivity contribution in [3.63, 3.8) is 0 Å². The Hall–Kier alpha value is -3.54. The molecule has 28 heavy (non-hydrogen) atoms. The second-order valence-corrected chi connectivity index (χ2v) is 6.69. The molecular weight excluding hydrogens is 354 g/mol. The summed E-state index contributed by atoms with van der Waals surface area (Å²) >= 11 is 0. The maximum absolute atomic E-state index is 12.7. The topological polar surface area (TPSA) is 72.5 Å². The van der Waals surface area contributed by atoms with Crippen molar-refractivity contribution in [3.8, 4) is 11.5 Å². The van der Waals surface area contributed by atoms with Gasteiger partial charge in [-0.2, -0.15) is 0 Å². The van der Waals surface area contributed by atoms with Crippen LogP contribution in [0.4, 0.5) is 17.2 Å². The van der Waals surface area contributed by atoms with Crippen LogP contribution in [-0.4, -0.2) is 24.1 Å². The lowest BCUT2D eigenvalue weighted by Gasteiger charge is -2.19. The minimum absolute atomic E-state index is 0.219. The summed E-state index contributed by atoms with van der Waals surface area (Å²) < 4.78 is 11.1. The molecule has 2 heterocycles. The van der Waals surface area contributed by atoms with Gasteiger partial charge < -0.3 is 20.1 Å². The van der Waals surface area contributed by atoms with Gasteiger partial charge in [-0.3, -0.25) is 4.79 Å². The Kier molecular flexibility index (Phi) is 4.85. The molecule has 0 saturated heterocycles. The van der Waals surface area contributed by atoms with Crippen LogP contribution in [0.5, 0.6) is 11.5 Å². The molecule has 4 rings (SSSR count). The van der Waals surface area contributed by atoms with Crippen LogP contribution in [-0.2, 0) is 0 Å². The molecule has 1 aliphatic rings. The Balaban J connectivity index is 1.51. The van der Waals surface area contributed by atoms with E-state index in [1.54, 1.807) is 36.5 Å². The predicted molar refractivity (Wildman–Crippen MR) is 109 cm³/mol. The fraction of sp³-hybridized carbons (Fsp3) is 0.182. The number of fused-ring (bicyclic) bond motifs is 1. The molecule has 6 heteroatoms. The van der Waals surface area contributed by atoms with Crippen LogP contribution in [0.3, 0.4) is 0 Å². The first-order chi connectivity index (χ1) is 13.6. The SMILES string of the molecule is Cc1ccc(C)c(Nc2cc(C(=O)Nc3ccc4c(c3)OCCO4)ccn2)c1. The minimum Gasteiger partial charge on any atom is -0.486 e. The van der Waals surface area contributed by atoms with E-state index in [1.807, 2.05) is 13.8 Å². The molecular formula is C22H21N3O3. The highest BCUT2D eigenvalue weighted by molar-refractivity contribution is 6.04. The van der Waals surface area contributed by atoms with Crippen molar-refractivity contribution in [3.05, 3.63) is 71.4 Å². The maximum atomic E-state index is 12.7. The zero-order valence-corrected chi connectivity index (χ0v) is 15.8. The monoisotopic (exact) mass is 375 g/mol. The molecule has 0 spiro atoms. The van der Waals surface area contributed by atoms with Crippen LogP contribution in [0.15, 0.2) is 54.7 Å². The summed E-state index contributed by atoms with van der Waals surface area (Å²) in [6, 6.07) is 14.9. The number of ether oxygens (including phenoxy) is 2. The van der Waals surface area contributed by atoms with Gasteiger partial charge in [0, 0.05) is 29.2 Å². The summed E-state index contributed by atoms with van der Waals surface area (Å²) in [6.45, 7) is 5.10. The fourth-order valence-corrected chi connectivity index (χ4v) is 2.97. The molecule has 0 bridgehead atoms. The van der Waals surface area contributed by atoms with E-state index >= 15 is 0 Å². The van der Waals surface area contributed by atoms with Gasteiger partial charge in [-0.05, 0) is 55.3 Å². The first-order valence-corrected chi connectivity index (χ1v) is 9.10. The molecule has 1 aromatic heterocycles. The predicted octanol–water partition coefficient (Wildman–Crippen LogP) is 4.47. The number of carbonyl (C=O) groups excluding carboxylic acids is 1. The zero-order chi connectivity index (χ0) is 19.5. The highest BCUT2D eigenvalue weighted by Crippen LogP contribution is 2.32. The molecule has 0 atom stereocenters. The number of amides is 1. The molecule has 2 aromatic carbocycles. The van der Waals surface area contributed by atoms with Gasteiger partial charge in [0.1, 0.15) is 19.0 Å². The number of hydrogen-bond acceptors (Lipinski definition) is 5. The summed E-state index contributed by atoms with van der Waals surface area (Å²) in [4.78, 5) is 17.0. The van der Waals surface area contributed by atoms with Crippen molar-refractivity contribution in [2.24, 2.45) is 0 Å². The van der Waals surface area contributed by atoms with Crippen LogP contribution in [0.2, 0.25) is 0 Å². The molecule has 6 nitrogen and oxygen atoms in total. The van der Waals surface area contributed by atoms with E-state index in [1.165, 1.54) is 0 Å². The van der Waals surface area contributed by atoms with Gasteiger partial charge in [-0.25, -0.2) is 4.98 Å². The second-order valence-electron chi connectivity index (χ2n) is 6.69. The lowest BCUT2D eigenvalue weighted by molar-refractivity contribution is 0.102. The first kappa shape index (κ1) is 17.9. The van der Waals surface area contributed by atoms with Gasteiger partial charge in [0.05, 0.1) is 0 Å². The number of hydrogen-bond donors (Lipinski definition) is 2. The summed E-state index contributed by atoms with van der Waals surface area (Å²) in [7, 11) is 0. The quantitative estimate of drug-likeness (QED) is 0.704. The number of rotatable bonds is 4. The second kappa shape index (κ2) is 7.60. The van der Waals surface area contributed by atoms with Gasteiger partial charge in [0.2, 0.25) is 0 Å². The Bertz CT molecular complexity index is 1030. The largest absolute Gasteiger partial charge is 0.486 e. The number of nitrogens with zero attached hydrogens (tertiary/aromatic N) is 1. The summed E-state index contributed by atoms with van der Waals surface area (Å²) in [5.74, 6) is 1.72. The van der Waals surface area contributed by atoms with Crippen LogP contribution in [0, 0.1) is 13.8 Å². The van der Waals surface area contributed by atoms with Crippen LogP contribution in [0.1, 0.15) is 21.5 Å². The minimum atomic E-state index is -0.219. The molecule has 0 fully saturated rings. The number of aryl methyl sites for hydroxylation is 2. The number of nitrogens with one attached hydrogen (secondary N) is 2. The molecule has 2 N–H and O–H groups in total. The molecule has 3 aromatic rings. The summed E-state index contributed by atoms with van der Waals surface area (Å²) in [5.41, 5.74) is 4.39. The van der Waals surface area contributed by atoms with Gasteiger partial charge in [0.25, 0.3) is 5.91 Å². The van der Waals surface area contributed by atoms with Gasteiger partial charge in [-0.15, -0.1) is 0 Å². The number of benzene rings is 2. The molecule has 142 valence electrons. The average molecular weight is 375 g/mol. The van der Waals surface area contributed by atoms with E-state index in [-0.39, 0.29) is 5.91 Å². The van der Waals surface area contributed by atoms with E-state index in [2.05, 4.69) is 33.8 Å². The van der Waals surface area contributed by atoms with Gasteiger partial charge in [-0.1, -0.05) is 12.1 Å². The lowest BCUT2D eigenvalue weighted by Crippen LogP contribution is -2.16. The van der Waals surface area contributed by atoms with Crippen molar-refractivity contribution in [1.29, 1.82) is 0 Å². The van der Waals surface area contributed by atoms with Gasteiger partial charge >= 0.3 is 0 Å². The van der Waals surface area contributed by atoms with E-state index in [9.17, 15) is 4.79 Å². The third-order valence-electron chi connectivity index (χ3n) is 4.48. The van der Waals surface area contributed by atoms with E-state index < -0.39 is 0 Å². The van der Waals surface area contributed by atoms with E-state index in [0.29, 0.717) is 41.8 Å². The summed E-state index contributed by atoms with van der Waals surface area (Å²) in [6.07, 6.45) is 1.62. The average Bonchev–Trinajstić information content (AvgIpc) is 2.71. The first-order valence-electron chi connectivity index (χ1n) is 9.10. The molecule has 1 aliphatic heterocycles. The molecule has 0 unspecified atom stereocenters. The molecule has 0 radical (unpaired) electrons. The Morgan fingerprint density at radius 3 is 2.64 bits per heavy atom. The van der Waals surface area contributed by atoms with Crippen molar-refractivity contribution in [2.75, 3.05) is 23.8 Å². The van der Waals surface area contributed by atoms with Gasteiger partial charge in [0.15, 0.2) is 11.5 Å². The number of aromatic nitrogens is 1.